The van der Waals surface area contributed by atoms with Crippen molar-refractivity contribution in [2.24, 2.45) is 0 Å². The molecule has 0 aliphatic heterocycles. The molecule has 0 amide bonds. The number of rotatable bonds is 7. The maximum absolute atomic E-state index is 14.0. The molecule has 0 saturated heterocycles. The number of aliphatic hydroxyl groups excluding tert-OH is 1. The highest BCUT2D eigenvalue weighted by molar-refractivity contribution is 7.80. The minimum Gasteiger partial charge on any atom is -0.497 e. The van der Waals surface area contributed by atoms with E-state index in [2.05, 4.69) is 12.2 Å². The molecule has 1 aromatic carbocycles. The minimum absolute atomic E-state index is 0.0530. The summed E-state index contributed by atoms with van der Waals surface area (Å²) in [5.74, 6) is -3.09. The third kappa shape index (κ3) is 4.11. The number of thiocarbonyl (C=S) groups is 1. The van der Waals surface area contributed by atoms with Gasteiger partial charge in [0.15, 0.2) is 6.10 Å². The van der Waals surface area contributed by atoms with Gasteiger partial charge in [0, 0.05) is 0 Å². The van der Waals surface area contributed by atoms with Gasteiger partial charge in [0.25, 0.3) is 0 Å². The fourth-order valence-corrected chi connectivity index (χ4v) is 1.71. The van der Waals surface area contributed by atoms with Crippen molar-refractivity contribution in [3.05, 3.63) is 29.8 Å². The zero-order chi connectivity index (χ0) is 15.2. The molecule has 3 nitrogen and oxygen atoms in total. The topological polar surface area (TPSA) is 38.7 Å². The van der Waals surface area contributed by atoms with Gasteiger partial charge in [-0.15, -0.1) is 0 Å². The van der Waals surface area contributed by atoms with Crippen molar-refractivity contribution < 1.29 is 23.4 Å². The highest BCUT2D eigenvalue weighted by Gasteiger charge is 2.45. The predicted octanol–water partition coefficient (Wildman–Crippen LogP) is 3.51. The Hall–Kier alpha value is -1.27. The van der Waals surface area contributed by atoms with Crippen LogP contribution in [0.2, 0.25) is 0 Å². The molecule has 0 bridgehead atoms. The summed E-state index contributed by atoms with van der Waals surface area (Å²) in [5, 5.41) is 8.90. The second-order valence-corrected chi connectivity index (χ2v) is 4.66. The number of benzene rings is 1. The van der Waals surface area contributed by atoms with Gasteiger partial charge in [-0.05, 0) is 36.3 Å². The minimum atomic E-state index is -3.61. The second-order valence-electron chi connectivity index (χ2n) is 4.29. The smallest absolute Gasteiger partial charge is 0.343 e. The maximum Gasteiger partial charge on any atom is 0.343 e. The van der Waals surface area contributed by atoms with E-state index in [-0.39, 0.29) is 12.2 Å². The summed E-state index contributed by atoms with van der Waals surface area (Å²) >= 11 is 4.57. The van der Waals surface area contributed by atoms with Gasteiger partial charge in [0.1, 0.15) is 5.75 Å². The average molecular weight is 304 g/mol. The Morgan fingerprint density at radius 1 is 1.35 bits per heavy atom. The van der Waals surface area contributed by atoms with Gasteiger partial charge in [0.05, 0.1) is 13.7 Å². The average Bonchev–Trinajstić information content (AvgIpc) is 2.46. The predicted molar refractivity (Wildman–Crippen MR) is 76.4 cm³/mol. The highest BCUT2D eigenvalue weighted by atomic mass is 32.1. The van der Waals surface area contributed by atoms with Crippen molar-refractivity contribution in [1.29, 1.82) is 0 Å². The van der Waals surface area contributed by atoms with E-state index in [4.69, 9.17) is 9.47 Å². The molecule has 112 valence electrons. The Bertz CT molecular complexity index is 435. The van der Waals surface area contributed by atoms with Crippen LogP contribution in [0.5, 0.6) is 5.75 Å². The molecule has 1 aromatic rings. The monoisotopic (exact) mass is 304 g/mol. The normalized spacial score (nSPS) is 12.8. The summed E-state index contributed by atoms with van der Waals surface area (Å²) in [6, 6.07) is 5.73. The van der Waals surface area contributed by atoms with Crippen LogP contribution in [0.25, 0.3) is 0 Å². The summed E-state index contributed by atoms with van der Waals surface area (Å²) in [6.45, 7) is 2.04. The lowest BCUT2D eigenvalue weighted by molar-refractivity contribution is -0.0675. The van der Waals surface area contributed by atoms with Gasteiger partial charge in [-0.25, -0.2) is 0 Å². The first kappa shape index (κ1) is 16.8. The van der Waals surface area contributed by atoms with E-state index in [0.717, 1.165) is 6.42 Å². The van der Waals surface area contributed by atoms with Crippen LogP contribution in [0.4, 0.5) is 8.78 Å². The first-order chi connectivity index (χ1) is 9.43. The van der Waals surface area contributed by atoms with Crippen molar-refractivity contribution >= 4 is 17.3 Å². The second kappa shape index (κ2) is 7.50. The number of methoxy groups -OCH3 is 1. The number of hydrogen-bond acceptors (Lipinski definition) is 4. The Labute approximate surface area is 122 Å². The fourth-order valence-electron chi connectivity index (χ4n) is 1.51. The van der Waals surface area contributed by atoms with Crippen molar-refractivity contribution in [3.8, 4) is 5.75 Å². The van der Waals surface area contributed by atoms with Crippen LogP contribution >= 0.6 is 12.2 Å². The van der Waals surface area contributed by atoms with Crippen molar-refractivity contribution in [3.63, 3.8) is 0 Å². The lowest BCUT2D eigenvalue weighted by Gasteiger charge is -2.23. The molecule has 0 spiro atoms. The number of hydrogen-bond donors (Lipinski definition) is 1. The number of alkyl halides is 2. The molecule has 1 atom stereocenters. The Balaban J connectivity index is 2.76. The van der Waals surface area contributed by atoms with Crippen LogP contribution in [0.3, 0.4) is 0 Å². The highest BCUT2D eigenvalue weighted by Crippen LogP contribution is 2.34. The van der Waals surface area contributed by atoms with Crippen LogP contribution in [0.1, 0.15) is 31.4 Å². The molecule has 1 N–H and O–H groups in total. The Morgan fingerprint density at radius 3 is 2.45 bits per heavy atom. The Morgan fingerprint density at radius 2 is 1.95 bits per heavy atom. The molecule has 0 aliphatic rings. The summed E-state index contributed by atoms with van der Waals surface area (Å²) in [5.41, 5.74) is 0.0530. The zero-order valence-electron chi connectivity index (χ0n) is 11.4. The molecule has 1 unspecified atom stereocenters. The first-order valence-electron chi connectivity index (χ1n) is 6.30. The maximum atomic E-state index is 14.0. The fraction of sp³-hybridized carbons (Fsp3) is 0.500. The number of unbranched alkanes of at least 4 members (excludes halogenated alkanes) is 1. The molecule has 0 fully saturated rings. The molecule has 20 heavy (non-hydrogen) atoms. The molecule has 0 heterocycles. The van der Waals surface area contributed by atoms with E-state index in [9.17, 15) is 13.9 Å². The van der Waals surface area contributed by atoms with Gasteiger partial charge >= 0.3 is 5.92 Å². The van der Waals surface area contributed by atoms with Crippen LogP contribution in [-0.2, 0) is 4.74 Å². The van der Waals surface area contributed by atoms with Gasteiger partial charge in [0.2, 0.25) is 5.05 Å². The number of aliphatic hydroxyl groups is 1. The van der Waals surface area contributed by atoms with E-state index in [0.29, 0.717) is 12.2 Å². The summed E-state index contributed by atoms with van der Waals surface area (Å²) in [6.07, 6.45) is -0.591. The molecule has 0 aliphatic carbocycles. The summed E-state index contributed by atoms with van der Waals surface area (Å²) in [4.78, 5) is 0. The van der Waals surface area contributed by atoms with Crippen LogP contribution in [0, 0.1) is 0 Å². The van der Waals surface area contributed by atoms with E-state index in [1.807, 2.05) is 6.92 Å². The number of halogens is 2. The standard InChI is InChI=1S/C14H18F2O3S/c1-3-4-9-19-13(20)14(15,16)12(17)10-5-7-11(18-2)8-6-10/h5-8,12,17H,3-4,9H2,1-2H3. The van der Waals surface area contributed by atoms with Gasteiger partial charge in [-0.1, -0.05) is 25.5 Å². The third-order valence-corrected chi connectivity index (χ3v) is 3.17. The van der Waals surface area contributed by atoms with Crippen LogP contribution in [0.15, 0.2) is 24.3 Å². The van der Waals surface area contributed by atoms with Crippen molar-refractivity contribution in [1.82, 2.24) is 0 Å². The molecule has 1 rings (SSSR count). The molecule has 0 saturated carbocycles. The lowest BCUT2D eigenvalue weighted by atomic mass is 10.0. The van der Waals surface area contributed by atoms with E-state index >= 15 is 0 Å². The van der Waals surface area contributed by atoms with Gasteiger partial charge < -0.3 is 14.6 Å². The van der Waals surface area contributed by atoms with Crippen molar-refractivity contribution in [2.75, 3.05) is 13.7 Å². The molecular weight excluding hydrogens is 286 g/mol. The third-order valence-electron chi connectivity index (χ3n) is 2.78. The van der Waals surface area contributed by atoms with Gasteiger partial charge in [-0.2, -0.15) is 8.78 Å². The van der Waals surface area contributed by atoms with Gasteiger partial charge in [-0.3, -0.25) is 0 Å². The summed E-state index contributed by atoms with van der Waals surface area (Å²) < 4.78 is 37.7. The van der Waals surface area contributed by atoms with E-state index in [1.165, 1.54) is 31.4 Å². The van der Waals surface area contributed by atoms with Crippen molar-refractivity contribution in [2.45, 2.75) is 31.8 Å². The molecule has 0 radical (unpaired) electrons. The zero-order valence-corrected chi connectivity index (χ0v) is 12.3. The number of ether oxygens (including phenoxy) is 2. The largest absolute Gasteiger partial charge is 0.497 e. The molecule has 6 heteroatoms. The molecule has 0 aromatic heterocycles. The van der Waals surface area contributed by atoms with E-state index < -0.39 is 17.1 Å². The quantitative estimate of drug-likeness (QED) is 0.618. The Kier molecular flexibility index (Phi) is 6.29. The van der Waals surface area contributed by atoms with E-state index in [1.54, 1.807) is 0 Å². The SMILES string of the molecule is CCCCOC(=S)C(F)(F)C(O)c1ccc(OC)cc1. The first-order valence-corrected chi connectivity index (χ1v) is 6.71. The summed E-state index contributed by atoms with van der Waals surface area (Å²) in [7, 11) is 1.47. The van der Waals surface area contributed by atoms with Crippen LogP contribution in [-0.4, -0.2) is 29.8 Å². The molecular formula is C14H18F2O3S. The lowest BCUT2D eigenvalue weighted by Crippen LogP contribution is -2.36. The van der Waals surface area contributed by atoms with Crippen LogP contribution < -0.4 is 4.74 Å².